The second-order valence-corrected chi connectivity index (χ2v) is 6.01. The second kappa shape index (κ2) is 7.10. The van der Waals surface area contributed by atoms with Crippen LogP contribution in [0.25, 0.3) is 0 Å². The van der Waals surface area contributed by atoms with Crippen LogP contribution in [0.3, 0.4) is 0 Å². The second-order valence-electron chi connectivity index (χ2n) is 6.01. The molecule has 2 rings (SSSR count). The number of carbonyl (C=O) groups excluding carboxylic acids is 1. The lowest BCUT2D eigenvalue weighted by Crippen LogP contribution is -3.12. The molecule has 0 atom stereocenters. The van der Waals surface area contributed by atoms with Crippen LogP contribution in [0.5, 0.6) is 0 Å². The SMILES string of the molecule is C[NH+]1CCN(C(=O)CC[NH2+]C2CCCCC2)CC1. The van der Waals surface area contributed by atoms with E-state index in [4.69, 9.17) is 0 Å². The first kappa shape index (κ1) is 13.8. The van der Waals surface area contributed by atoms with Crippen molar-refractivity contribution >= 4 is 5.91 Å². The smallest absolute Gasteiger partial charge is 0.228 e. The van der Waals surface area contributed by atoms with Crippen molar-refractivity contribution < 1.29 is 15.0 Å². The highest BCUT2D eigenvalue weighted by Gasteiger charge is 2.22. The molecule has 0 bridgehead atoms. The molecule has 0 aromatic rings. The Hall–Kier alpha value is -0.610. The Labute approximate surface area is 111 Å². The summed E-state index contributed by atoms with van der Waals surface area (Å²) < 4.78 is 0. The van der Waals surface area contributed by atoms with Crippen molar-refractivity contribution in [2.75, 3.05) is 39.8 Å². The Morgan fingerprint density at radius 3 is 2.56 bits per heavy atom. The predicted molar refractivity (Wildman–Crippen MR) is 71.5 cm³/mol. The highest BCUT2D eigenvalue weighted by Crippen LogP contribution is 2.14. The molecule has 1 amide bonds. The van der Waals surface area contributed by atoms with Gasteiger partial charge in [-0.15, -0.1) is 0 Å². The number of hydrogen-bond donors (Lipinski definition) is 2. The molecule has 2 fully saturated rings. The van der Waals surface area contributed by atoms with E-state index in [2.05, 4.69) is 17.3 Å². The molecule has 104 valence electrons. The van der Waals surface area contributed by atoms with E-state index in [0.29, 0.717) is 5.91 Å². The molecular formula is C14H29N3O+2. The Morgan fingerprint density at radius 1 is 1.22 bits per heavy atom. The molecule has 0 spiro atoms. The van der Waals surface area contributed by atoms with Gasteiger partial charge in [-0.1, -0.05) is 6.42 Å². The Bertz CT molecular complexity index is 256. The van der Waals surface area contributed by atoms with E-state index in [1.165, 1.54) is 32.1 Å². The van der Waals surface area contributed by atoms with Gasteiger partial charge in [0.05, 0.1) is 52.2 Å². The van der Waals surface area contributed by atoms with E-state index in [-0.39, 0.29) is 0 Å². The van der Waals surface area contributed by atoms with Crippen LogP contribution in [0.1, 0.15) is 38.5 Å². The number of likely N-dealkylation sites (N-methyl/N-ethyl adjacent to an activating group) is 1. The number of quaternary nitrogens is 2. The van der Waals surface area contributed by atoms with Crippen molar-refractivity contribution in [1.29, 1.82) is 0 Å². The molecule has 3 N–H and O–H groups in total. The number of rotatable bonds is 4. The number of nitrogens with two attached hydrogens (primary N) is 1. The first-order valence-corrected chi connectivity index (χ1v) is 7.68. The Morgan fingerprint density at radius 2 is 1.89 bits per heavy atom. The molecule has 0 aromatic heterocycles. The molecule has 1 aliphatic carbocycles. The van der Waals surface area contributed by atoms with Crippen LogP contribution in [-0.2, 0) is 4.79 Å². The summed E-state index contributed by atoms with van der Waals surface area (Å²) in [5, 5.41) is 2.42. The maximum atomic E-state index is 12.0. The molecule has 0 aromatic carbocycles. The number of carbonyl (C=O) groups is 1. The van der Waals surface area contributed by atoms with Gasteiger partial charge in [0.1, 0.15) is 0 Å². The quantitative estimate of drug-likeness (QED) is 0.639. The van der Waals surface area contributed by atoms with Crippen molar-refractivity contribution in [1.82, 2.24) is 4.90 Å². The lowest BCUT2D eigenvalue weighted by molar-refractivity contribution is -0.883. The third-order valence-electron chi connectivity index (χ3n) is 4.48. The normalized spacial score (nSPS) is 23.3. The van der Waals surface area contributed by atoms with E-state index >= 15 is 0 Å². The van der Waals surface area contributed by atoms with E-state index in [9.17, 15) is 4.79 Å². The van der Waals surface area contributed by atoms with Gasteiger partial charge in [0.25, 0.3) is 0 Å². The summed E-state index contributed by atoms with van der Waals surface area (Å²) in [5.41, 5.74) is 0. The van der Waals surface area contributed by atoms with E-state index in [0.717, 1.165) is 45.2 Å². The summed E-state index contributed by atoms with van der Waals surface area (Å²) in [7, 11) is 2.21. The zero-order chi connectivity index (χ0) is 12.8. The van der Waals surface area contributed by atoms with Gasteiger partial charge >= 0.3 is 0 Å². The summed E-state index contributed by atoms with van der Waals surface area (Å²) in [5.74, 6) is 0.370. The Kier molecular flexibility index (Phi) is 5.45. The van der Waals surface area contributed by atoms with Crippen LogP contribution in [0.15, 0.2) is 0 Å². The van der Waals surface area contributed by atoms with Crippen LogP contribution < -0.4 is 10.2 Å². The van der Waals surface area contributed by atoms with Gasteiger partial charge < -0.3 is 15.1 Å². The zero-order valence-electron chi connectivity index (χ0n) is 11.8. The molecule has 4 nitrogen and oxygen atoms in total. The minimum absolute atomic E-state index is 0.370. The maximum absolute atomic E-state index is 12.0. The van der Waals surface area contributed by atoms with Crippen molar-refractivity contribution in [2.24, 2.45) is 0 Å². The molecular weight excluding hydrogens is 226 g/mol. The standard InChI is InChI=1S/C14H27N3O/c1-16-9-11-17(12-10-16)14(18)7-8-15-13-5-3-2-4-6-13/h13,15H,2-12H2,1H3/p+2. The fraction of sp³-hybridized carbons (Fsp3) is 0.929. The average Bonchev–Trinajstić information content (AvgIpc) is 2.40. The molecule has 2 aliphatic rings. The number of hydrogen-bond acceptors (Lipinski definition) is 1. The maximum Gasteiger partial charge on any atom is 0.228 e. The fourth-order valence-electron chi connectivity index (χ4n) is 3.11. The molecule has 18 heavy (non-hydrogen) atoms. The summed E-state index contributed by atoms with van der Waals surface area (Å²) >= 11 is 0. The van der Waals surface area contributed by atoms with Crippen LogP contribution in [0.4, 0.5) is 0 Å². The van der Waals surface area contributed by atoms with Gasteiger partial charge in [-0.25, -0.2) is 0 Å². The van der Waals surface area contributed by atoms with Crippen molar-refractivity contribution in [2.45, 2.75) is 44.6 Å². The van der Waals surface area contributed by atoms with E-state index in [1.54, 1.807) is 4.90 Å². The molecule has 4 heteroatoms. The third-order valence-corrected chi connectivity index (χ3v) is 4.48. The third kappa shape index (κ3) is 4.25. The number of nitrogens with zero attached hydrogens (tertiary/aromatic N) is 1. The molecule has 1 saturated heterocycles. The van der Waals surface area contributed by atoms with E-state index < -0.39 is 0 Å². The molecule has 1 saturated carbocycles. The largest absolute Gasteiger partial charge is 0.343 e. The van der Waals surface area contributed by atoms with Crippen LogP contribution >= 0.6 is 0 Å². The van der Waals surface area contributed by atoms with Gasteiger partial charge in [-0.2, -0.15) is 0 Å². The zero-order valence-corrected chi connectivity index (χ0v) is 11.8. The number of piperazine rings is 1. The predicted octanol–water partition coefficient (Wildman–Crippen LogP) is -1.37. The first-order chi connectivity index (χ1) is 8.75. The average molecular weight is 255 g/mol. The lowest BCUT2D eigenvalue weighted by Gasteiger charge is -2.30. The van der Waals surface area contributed by atoms with Gasteiger partial charge in [0, 0.05) is 0 Å². The van der Waals surface area contributed by atoms with Crippen molar-refractivity contribution in [3.8, 4) is 0 Å². The van der Waals surface area contributed by atoms with Crippen LogP contribution in [-0.4, -0.2) is 56.6 Å². The molecule has 0 unspecified atom stereocenters. The minimum Gasteiger partial charge on any atom is -0.343 e. The van der Waals surface area contributed by atoms with Gasteiger partial charge in [-0.05, 0) is 25.7 Å². The lowest BCUT2D eigenvalue weighted by atomic mass is 9.95. The number of amides is 1. The van der Waals surface area contributed by atoms with Crippen LogP contribution in [0, 0.1) is 0 Å². The van der Waals surface area contributed by atoms with Gasteiger partial charge in [-0.3, -0.25) is 4.79 Å². The number of nitrogens with one attached hydrogen (secondary N) is 1. The Balaban J connectivity index is 1.59. The monoisotopic (exact) mass is 255 g/mol. The summed E-state index contributed by atoms with van der Waals surface area (Å²) in [6.45, 7) is 5.11. The summed E-state index contributed by atoms with van der Waals surface area (Å²) in [6.07, 6.45) is 7.62. The van der Waals surface area contributed by atoms with Crippen molar-refractivity contribution in [3.63, 3.8) is 0 Å². The first-order valence-electron chi connectivity index (χ1n) is 7.68. The van der Waals surface area contributed by atoms with Crippen LogP contribution in [0.2, 0.25) is 0 Å². The van der Waals surface area contributed by atoms with Crippen molar-refractivity contribution in [3.05, 3.63) is 0 Å². The minimum atomic E-state index is 0.370. The summed E-state index contributed by atoms with van der Waals surface area (Å²) in [6, 6.07) is 0.795. The highest BCUT2D eigenvalue weighted by molar-refractivity contribution is 5.76. The highest BCUT2D eigenvalue weighted by atomic mass is 16.2. The molecule has 1 aliphatic heterocycles. The van der Waals surface area contributed by atoms with Gasteiger partial charge in [0.15, 0.2) is 0 Å². The summed E-state index contributed by atoms with van der Waals surface area (Å²) in [4.78, 5) is 15.6. The molecule has 1 heterocycles. The fourth-order valence-corrected chi connectivity index (χ4v) is 3.11. The molecule has 0 radical (unpaired) electrons. The van der Waals surface area contributed by atoms with Gasteiger partial charge in [0.2, 0.25) is 5.91 Å². The van der Waals surface area contributed by atoms with E-state index in [1.807, 2.05) is 0 Å². The topological polar surface area (TPSA) is 41.4 Å².